The lowest BCUT2D eigenvalue weighted by molar-refractivity contribution is 0.102. The van der Waals surface area contributed by atoms with E-state index in [0.29, 0.717) is 11.5 Å². The van der Waals surface area contributed by atoms with E-state index in [-0.39, 0.29) is 5.91 Å². The molecule has 1 saturated heterocycles. The van der Waals surface area contributed by atoms with E-state index in [1.807, 2.05) is 54.1 Å². The lowest BCUT2D eigenvalue weighted by Gasteiger charge is -2.11. The lowest BCUT2D eigenvalue weighted by Crippen LogP contribution is -2.12. The van der Waals surface area contributed by atoms with Crippen molar-refractivity contribution < 1.29 is 9.53 Å². The number of ether oxygens (including phenoxy) is 1. The molecule has 1 aliphatic heterocycles. The third-order valence-corrected chi connectivity index (χ3v) is 4.66. The molecule has 0 spiro atoms. The molecule has 0 saturated carbocycles. The number of benzene rings is 2. The highest BCUT2D eigenvalue weighted by Crippen LogP contribution is 2.26. The summed E-state index contributed by atoms with van der Waals surface area (Å²) in [6.45, 7) is 1.52. The van der Waals surface area contributed by atoms with Gasteiger partial charge in [-0.25, -0.2) is 0 Å². The van der Waals surface area contributed by atoms with Crippen molar-refractivity contribution in [2.75, 3.05) is 18.5 Å². The molecule has 1 fully saturated rings. The molecule has 1 amide bonds. The molecule has 2 aromatic carbocycles. The maximum Gasteiger partial charge on any atom is 0.255 e. The van der Waals surface area contributed by atoms with Crippen LogP contribution in [-0.4, -0.2) is 33.9 Å². The zero-order valence-corrected chi connectivity index (χ0v) is 14.6. The van der Waals surface area contributed by atoms with Crippen LogP contribution >= 0.6 is 0 Å². The van der Waals surface area contributed by atoms with Crippen LogP contribution in [0, 0.1) is 0 Å². The van der Waals surface area contributed by atoms with E-state index in [0.717, 1.165) is 42.3 Å². The molecule has 1 unspecified atom stereocenters. The fourth-order valence-electron chi connectivity index (χ4n) is 3.18. The van der Waals surface area contributed by atoms with E-state index in [1.165, 1.54) is 0 Å². The average molecular weight is 348 g/mol. The number of rotatable bonds is 4. The number of aromatic nitrogens is 3. The second-order valence-electron chi connectivity index (χ2n) is 6.48. The summed E-state index contributed by atoms with van der Waals surface area (Å²) in [5.41, 5.74) is 3.52. The second-order valence-corrected chi connectivity index (χ2v) is 6.48. The molecule has 6 nitrogen and oxygen atoms in total. The summed E-state index contributed by atoms with van der Waals surface area (Å²) in [5.74, 6) is 1.06. The number of carbonyl (C=O) groups excluding carboxylic acids is 1. The second kappa shape index (κ2) is 7.09. The van der Waals surface area contributed by atoms with E-state index >= 15 is 0 Å². The van der Waals surface area contributed by atoms with Crippen molar-refractivity contribution in [2.45, 2.75) is 12.3 Å². The van der Waals surface area contributed by atoms with E-state index in [1.54, 1.807) is 6.33 Å². The van der Waals surface area contributed by atoms with Gasteiger partial charge in [-0.3, -0.25) is 4.79 Å². The first-order chi connectivity index (χ1) is 12.7. The Morgan fingerprint density at radius 3 is 2.77 bits per heavy atom. The van der Waals surface area contributed by atoms with E-state index in [9.17, 15) is 4.79 Å². The van der Waals surface area contributed by atoms with Crippen LogP contribution in [0.1, 0.15) is 28.3 Å². The van der Waals surface area contributed by atoms with Gasteiger partial charge in [0.25, 0.3) is 5.91 Å². The highest BCUT2D eigenvalue weighted by molar-refractivity contribution is 6.04. The summed E-state index contributed by atoms with van der Waals surface area (Å²) < 4.78 is 7.30. The van der Waals surface area contributed by atoms with Gasteiger partial charge >= 0.3 is 0 Å². The van der Waals surface area contributed by atoms with Gasteiger partial charge in [-0.05, 0) is 48.4 Å². The van der Waals surface area contributed by atoms with Gasteiger partial charge in [0.1, 0.15) is 6.33 Å². The third-order valence-electron chi connectivity index (χ3n) is 4.66. The summed E-state index contributed by atoms with van der Waals surface area (Å²) in [6, 6.07) is 15.4. The van der Waals surface area contributed by atoms with Gasteiger partial charge in [-0.2, -0.15) is 0 Å². The Hall–Kier alpha value is -2.99. The summed E-state index contributed by atoms with van der Waals surface area (Å²) in [4.78, 5) is 12.6. The maximum absolute atomic E-state index is 12.6. The quantitative estimate of drug-likeness (QED) is 0.786. The van der Waals surface area contributed by atoms with Gasteiger partial charge in [0.15, 0.2) is 5.82 Å². The Morgan fingerprint density at radius 1 is 1.23 bits per heavy atom. The molecule has 1 aromatic heterocycles. The molecular weight excluding hydrogens is 328 g/mol. The standard InChI is InChI=1S/C20H20N4O2/c1-24-13-21-23-19(24)14-5-7-18(8-6-14)22-20(25)16-4-2-3-15(11-16)17-9-10-26-12-17/h2-8,11,13,17H,9-10,12H2,1H3,(H,22,25). The largest absolute Gasteiger partial charge is 0.381 e. The predicted molar refractivity (Wildman–Crippen MR) is 99.0 cm³/mol. The number of carbonyl (C=O) groups is 1. The SMILES string of the molecule is Cn1cnnc1-c1ccc(NC(=O)c2cccc(C3CCOC3)c2)cc1. The molecule has 0 bridgehead atoms. The van der Waals surface area contributed by atoms with E-state index in [2.05, 4.69) is 21.6 Å². The van der Waals surface area contributed by atoms with Gasteiger partial charge in [-0.1, -0.05) is 12.1 Å². The topological polar surface area (TPSA) is 69.0 Å². The smallest absolute Gasteiger partial charge is 0.255 e. The van der Waals surface area contributed by atoms with Crippen LogP contribution in [0.4, 0.5) is 5.69 Å². The first-order valence-corrected chi connectivity index (χ1v) is 8.64. The number of nitrogens with one attached hydrogen (secondary N) is 1. The molecule has 132 valence electrons. The van der Waals surface area contributed by atoms with Gasteiger partial charge in [-0.15, -0.1) is 10.2 Å². The molecule has 26 heavy (non-hydrogen) atoms. The minimum absolute atomic E-state index is 0.114. The van der Waals surface area contributed by atoms with Crippen molar-refractivity contribution in [3.05, 3.63) is 66.0 Å². The zero-order valence-electron chi connectivity index (χ0n) is 14.6. The van der Waals surface area contributed by atoms with Crippen molar-refractivity contribution >= 4 is 11.6 Å². The Kier molecular flexibility index (Phi) is 4.50. The molecule has 1 aliphatic rings. The zero-order chi connectivity index (χ0) is 17.9. The molecule has 3 aromatic rings. The minimum Gasteiger partial charge on any atom is -0.381 e. The molecule has 0 aliphatic carbocycles. The van der Waals surface area contributed by atoms with Crippen molar-refractivity contribution in [1.82, 2.24) is 14.8 Å². The monoisotopic (exact) mass is 348 g/mol. The van der Waals surface area contributed by atoms with Crippen molar-refractivity contribution in [1.29, 1.82) is 0 Å². The molecule has 1 atom stereocenters. The summed E-state index contributed by atoms with van der Waals surface area (Å²) >= 11 is 0. The molecule has 0 radical (unpaired) electrons. The van der Waals surface area contributed by atoms with Crippen LogP contribution in [-0.2, 0) is 11.8 Å². The van der Waals surface area contributed by atoms with Crippen molar-refractivity contribution in [2.24, 2.45) is 7.05 Å². The summed E-state index contributed by atoms with van der Waals surface area (Å²) in [5, 5.41) is 10.9. The van der Waals surface area contributed by atoms with Gasteiger partial charge in [0.05, 0.1) is 6.61 Å². The molecule has 1 N–H and O–H groups in total. The van der Waals surface area contributed by atoms with Crippen LogP contribution in [0.3, 0.4) is 0 Å². The summed E-state index contributed by atoms with van der Waals surface area (Å²) in [6.07, 6.45) is 2.67. The normalized spacial score (nSPS) is 16.6. The Morgan fingerprint density at radius 2 is 2.08 bits per heavy atom. The van der Waals surface area contributed by atoms with Crippen LogP contribution < -0.4 is 5.32 Å². The van der Waals surface area contributed by atoms with Crippen LogP contribution in [0.25, 0.3) is 11.4 Å². The highest BCUT2D eigenvalue weighted by atomic mass is 16.5. The molecule has 6 heteroatoms. The Balaban J connectivity index is 1.48. The minimum atomic E-state index is -0.114. The van der Waals surface area contributed by atoms with Crippen LogP contribution in [0.15, 0.2) is 54.9 Å². The number of hydrogen-bond donors (Lipinski definition) is 1. The van der Waals surface area contributed by atoms with Crippen molar-refractivity contribution in [3.63, 3.8) is 0 Å². The number of anilines is 1. The first-order valence-electron chi connectivity index (χ1n) is 8.64. The van der Waals surface area contributed by atoms with E-state index < -0.39 is 0 Å². The fourth-order valence-corrected chi connectivity index (χ4v) is 3.18. The lowest BCUT2D eigenvalue weighted by atomic mass is 9.96. The molecular formula is C20H20N4O2. The average Bonchev–Trinajstić information content (AvgIpc) is 3.34. The first kappa shape index (κ1) is 16.5. The van der Waals surface area contributed by atoms with E-state index in [4.69, 9.17) is 4.74 Å². The van der Waals surface area contributed by atoms with Crippen molar-refractivity contribution in [3.8, 4) is 11.4 Å². The number of nitrogens with zero attached hydrogens (tertiary/aromatic N) is 3. The molecule has 4 rings (SSSR count). The highest BCUT2D eigenvalue weighted by Gasteiger charge is 2.18. The Bertz CT molecular complexity index is 912. The number of amides is 1. The summed E-state index contributed by atoms with van der Waals surface area (Å²) in [7, 11) is 1.90. The number of hydrogen-bond acceptors (Lipinski definition) is 4. The van der Waals surface area contributed by atoms with Gasteiger partial charge in [0.2, 0.25) is 0 Å². The fraction of sp³-hybridized carbons (Fsp3) is 0.250. The molecule has 2 heterocycles. The Labute approximate surface area is 151 Å². The number of aryl methyl sites for hydroxylation is 1. The van der Waals surface area contributed by atoms with Gasteiger partial charge in [0, 0.05) is 36.4 Å². The maximum atomic E-state index is 12.6. The van der Waals surface area contributed by atoms with Crippen LogP contribution in [0.2, 0.25) is 0 Å². The predicted octanol–water partition coefficient (Wildman–Crippen LogP) is 3.24. The third kappa shape index (κ3) is 3.36. The van der Waals surface area contributed by atoms with Crippen LogP contribution in [0.5, 0.6) is 0 Å². The van der Waals surface area contributed by atoms with Gasteiger partial charge < -0.3 is 14.6 Å².